The Kier molecular flexibility index (Phi) is 6.62. The molecule has 1 saturated carbocycles. The van der Waals surface area contributed by atoms with E-state index in [9.17, 15) is 9.59 Å². The average molecular weight is 272 g/mol. The van der Waals surface area contributed by atoms with Crippen LogP contribution in [0.5, 0.6) is 0 Å². The first kappa shape index (κ1) is 15.8. The SMILES string of the molecule is CCN(CCO)C(=O)NCC1CCC(C(=O)O)CC1. The second kappa shape index (κ2) is 7.99. The van der Waals surface area contributed by atoms with Crippen molar-refractivity contribution in [3.8, 4) is 0 Å². The first-order valence-corrected chi connectivity index (χ1v) is 6.94. The number of nitrogens with one attached hydrogen (secondary N) is 1. The number of carbonyl (C=O) groups is 2. The van der Waals surface area contributed by atoms with Crippen LogP contribution in [0.2, 0.25) is 0 Å². The maximum atomic E-state index is 11.8. The molecule has 19 heavy (non-hydrogen) atoms. The van der Waals surface area contributed by atoms with Gasteiger partial charge in [0.2, 0.25) is 0 Å². The van der Waals surface area contributed by atoms with Gasteiger partial charge >= 0.3 is 12.0 Å². The molecule has 2 amide bonds. The van der Waals surface area contributed by atoms with E-state index in [0.717, 1.165) is 12.8 Å². The van der Waals surface area contributed by atoms with Gasteiger partial charge < -0.3 is 20.4 Å². The summed E-state index contributed by atoms with van der Waals surface area (Å²) in [4.78, 5) is 24.2. The van der Waals surface area contributed by atoms with Crippen molar-refractivity contribution in [2.45, 2.75) is 32.6 Å². The number of carboxylic acids is 1. The molecule has 0 aromatic rings. The van der Waals surface area contributed by atoms with Crippen LogP contribution in [0.25, 0.3) is 0 Å². The summed E-state index contributed by atoms with van der Waals surface area (Å²) in [5.41, 5.74) is 0. The lowest BCUT2D eigenvalue weighted by molar-refractivity contribution is -0.143. The number of urea groups is 1. The summed E-state index contributed by atoms with van der Waals surface area (Å²) >= 11 is 0. The Balaban J connectivity index is 2.26. The zero-order valence-corrected chi connectivity index (χ0v) is 11.5. The lowest BCUT2D eigenvalue weighted by Gasteiger charge is -2.27. The smallest absolute Gasteiger partial charge is 0.317 e. The number of aliphatic carboxylic acids is 1. The number of hydrogen-bond donors (Lipinski definition) is 3. The number of nitrogens with zero attached hydrogens (tertiary/aromatic N) is 1. The number of amides is 2. The highest BCUT2D eigenvalue weighted by atomic mass is 16.4. The molecule has 0 saturated heterocycles. The van der Waals surface area contributed by atoms with E-state index >= 15 is 0 Å². The van der Waals surface area contributed by atoms with Crippen molar-refractivity contribution in [2.24, 2.45) is 11.8 Å². The molecular formula is C13H24N2O4. The fraction of sp³-hybridized carbons (Fsp3) is 0.846. The number of carboxylic acid groups (broad SMARTS) is 1. The fourth-order valence-corrected chi connectivity index (χ4v) is 2.48. The molecule has 1 aliphatic carbocycles. The van der Waals surface area contributed by atoms with Gasteiger partial charge in [-0.05, 0) is 38.5 Å². The molecule has 1 aliphatic rings. The molecule has 0 bridgehead atoms. The molecule has 0 aromatic heterocycles. The zero-order chi connectivity index (χ0) is 14.3. The maximum absolute atomic E-state index is 11.8. The highest BCUT2D eigenvalue weighted by Crippen LogP contribution is 2.28. The van der Waals surface area contributed by atoms with E-state index in [1.165, 1.54) is 0 Å². The molecule has 0 atom stereocenters. The van der Waals surface area contributed by atoms with Crippen LogP contribution in [0.1, 0.15) is 32.6 Å². The Morgan fingerprint density at radius 3 is 2.37 bits per heavy atom. The third-order valence-electron chi connectivity index (χ3n) is 3.78. The van der Waals surface area contributed by atoms with Crippen molar-refractivity contribution in [1.82, 2.24) is 10.2 Å². The number of aliphatic hydroxyl groups excluding tert-OH is 1. The molecule has 3 N–H and O–H groups in total. The van der Waals surface area contributed by atoms with Gasteiger partial charge in [0.15, 0.2) is 0 Å². The quantitative estimate of drug-likeness (QED) is 0.670. The largest absolute Gasteiger partial charge is 0.481 e. The molecule has 110 valence electrons. The van der Waals surface area contributed by atoms with E-state index in [1.807, 2.05) is 6.92 Å². The minimum atomic E-state index is -0.706. The van der Waals surface area contributed by atoms with Crippen LogP contribution in [0, 0.1) is 11.8 Å². The van der Waals surface area contributed by atoms with Gasteiger partial charge in [0.05, 0.1) is 12.5 Å². The Bertz CT molecular complexity index is 301. The standard InChI is InChI=1S/C13H24N2O4/c1-2-15(7-8-16)13(19)14-9-10-3-5-11(6-4-10)12(17)18/h10-11,16H,2-9H2,1H3,(H,14,19)(H,17,18). The zero-order valence-electron chi connectivity index (χ0n) is 11.5. The fourth-order valence-electron chi connectivity index (χ4n) is 2.48. The highest BCUT2D eigenvalue weighted by Gasteiger charge is 2.26. The van der Waals surface area contributed by atoms with Gasteiger partial charge in [-0.1, -0.05) is 0 Å². The lowest BCUT2D eigenvalue weighted by Crippen LogP contribution is -2.43. The molecule has 1 rings (SSSR count). The molecule has 0 heterocycles. The van der Waals surface area contributed by atoms with Crippen molar-refractivity contribution < 1.29 is 19.8 Å². The summed E-state index contributed by atoms with van der Waals surface area (Å²) in [5.74, 6) is -0.552. The summed E-state index contributed by atoms with van der Waals surface area (Å²) < 4.78 is 0. The Hall–Kier alpha value is -1.30. The van der Waals surface area contributed by atoms with Crippen molar-refractivity contribution in [1.29, 1.82) is 0 Å². The second-order valence-corrected chi connectivity index (χ2v) is 5.05. The van der Waals surface area contributed by atoms with Crippen molar-refractivity contribution >= 4 is 12.0 Å². The van der Waals surface area contributed by atoms with Crippen LogP contribution in [0.15, 0.2) is 0 Å². The third kappa shape index (κ3) is 5.06. The Morgan fingerprint density at radius 1 is 1.26 bits per heavy atom. The van der Waals surface area contributed by atoms with Crippen LogP contribution in [0.4, 0.5) is 4.79 Å². The average Bonchev–Trinajstić information content (AvgIpc) is 2.42. The molecule has 1 fully saturated rings. The number of rotatable bonds is 6. The summed E-state index contributed by atoms with van der Waals surface area (Å²) in [6, 6.07) is -0.156. The third-order valence-corrected chi connectivity index (χ3v) is 3.78. The van der Waals surface area contributed by atoms with Crippen LogP contribution in [-0.4, -0.2) is 53.4 Å². The van der Waals surface area contributed by atoms with Gasteiger partial charge in [-0.25, -0.2) is 4.79 Å². The number of hydrogen-bond acceptors (Lipinski definition) is 3. The van der Waals surface area contributed by atoms with Crippen LogP contribution >= 0.6 is 0 Å². The summed E-state index contributed by atoms with van der Waals surface area (Å²) in [6.45, 7) is 3.33. The lowest BCUT2D eigenvalue weighted by atomic mass is 9.82. The molecule has 6 heteroatoms. The monoisotopic (exact) mass is 272 g/mol. The molecule has 0 aromatic carbocycles. The minimum Gasteiger partial charge on any atom is -0.481 e. The van der Waals surface area contributed by atoms with Crippen molar-refractivity contribution in [2.75, 3.05) is 26.2 Å². The molecule has 6 nitrogen and oxygen atoms in total. The number of aliphatic hydroxyl groups is 1. The van der Waals surface area contributed by atoms with Gasteiger partial charge in [0.25, 0.3) is 0 Å². The van der Waals surface area contributed by atoms with Gasteiger partial charge in [0, 0.05) is 19.6 Å². The molecule has 0 aliphatic heterocycles. The predicted molar refractivity (Wildman–Crippen MR) is 70.8 cm³/mol. The van der Waals surface area contributed by atoms with E-state index in [-0.39, 0.29) is 18.6 Å². The highest BCUT2D eigenvalue weighted by molar-refractivity contribution is 5.74. The van der Waals surface area contributed by atoms with Gasteiger partial charge in [-0.15, -0.1) is 0 Å². The number of carbonyl (C=O) groups excluding carboxylic acids is 1. The molecular weight excluding hydrogens is 248 g/mol. The van der Waals surface area contributed by atoms with Crippen LogP contribution < -0.4 is 5.32 Å². The normalized spacial score (nSPS) is 22.8. The van der Waals surface area contributed by atoms with Gasteiger partial charge in [-0.2, -0.15) is 0 Å². The molecule has 0 unspecified atom stereocenters. The summed E-state index contributed by atoms with van der Waals surface area (Å²) in [6.07, 6.45) is 3.10. The Morgan fingerprint density at radius 2 is 1.89 bits per heavy atom. The first-order chi connectivity index (χ1) is 9.08. The molecule has 0 spiro atoms. The maximum Gasteiger partial charge on any atom is 0.317 e. The van der Waals surface area contributed by atoms with Crippen LogP contribution in [-0.2, 0) is 4.79 Å². The first-order valence-electron chi connectivity index (χ1n) is 6.94. The van der Waals surface area contributed by atoms with Crippen LogP contribution in [0.3, 0.4) is 0 Å². The Labute approximate surface area is 113 Å². The molecule has 0 radical (unpaired) electrons. The van der Waals surface area contributed by atoms with E-state index in [1.54, 1.807) is 4.90 Å². The summed E-state index contributed by atoms with van der Waals surface area (Å²) in [5, 5.41) is 20.6. The topological polar surface area (TPSA) is 89.9 Å². The predicted octanol–water partition coefficient (Wildman–Crippen LogP) is 0.901. The van der Waals surface area contributed by atoms with Gasteiger partial charge in [-0.3, -0.25) is 4.79 Å². The van der Waals surface area contributed by atoms with E-state index in [4.69, 9.17) is 10.2 Å². The van der Waals surface area contributed by atoms with E-state index < -0.39 is 5.97 Å². The van der Waals surface area contributed by atoms with E-state index in [0.29, 0.717) is 38.4 Å². The van der Waals surface area contributed by atoms with E-state index in [2.05, 4.69) is 5.32 Å². The van der Waals surface area contributed by atoms with Crippen molar-refractivity contribution in [3.05, 3.63) is 0 Å². The minimum absolute atomic E-state index is 0.0367. The van der Waals surface area contributed by atoms with Crippen molar-refractivity contribution in [3.63, 3.8) is 0 Å². The second-order valence-electron chi connectivity index (χ2n) is 5.05. The summed E-state index contributed by atoms with van der Waals surface area (Å²) in [7, 11) is 0. The van der Waals surface area contributed by atoms with Gasteiger partial charge in [0.1, 0.15) is 0 Å². The number of likely N-dealkylation sites (N-methyl/N-ethyl adjacent to an activating group) is 1.